The summed E-state index contributed by atoms with van der Waals surface area (Å²) < 4.78 is 0. The van der Waals surface area contributed by atoms with Gasteiger partial charge in [-0.15, -0.1) is 11.8 Å². The van der Waals surface area contributed by atoms with E-state index in [0.29, 0.717) is 0 Å². The Morgan fingerprint density at radius 3 is 2.01 bits per heavy atom. The SMILES string of the molecule is CSc1cc2c3c(c1)C1(C)CCCCC1(C)N3c1cc(N3c4ccc(C(C)(C)C)cc4C4(C)CCCCC34C)cc3c1B2c1ccc(-c2ccccc2)cc1N3c1cccc(C2(C)C=CC=CC2)c1. The van der Waals surface area contributed by atoms with Crippen LogP contribution in [0.4, 0.5) is 39.8 Å². The molecule has 13 rings (SSSR count). The van der Waals surface area contributed by atoms with Crippen molar-refractivity contribution in [1.29, 1.82) is 0 Å². The van der Waals surface area contributed by atoms with Gasteiger partial charge in [-0.25, -0.2) is 0 Å². The number of rotatable bonds is 5. The summed E-state index contributed by atoms with van der Waals surface area (Å²) in [4.78, 5) is 9.91. The van der Waals surface area contributed by atoms with Crippen molar-refractivity contribution in [2.75, 3.05) is 21.0 Å². The second-order valence-corrected chi connectivity index (χ2v) is 25.0. The molecule has 2 saturated carbocycles. The maximum Gasteiger partial charge on any atom is 0.252 e. The summed E-state index contributed by atoms with van der Waals surface area (Å²) >= 11 is 1.91. The van der Waals surface area contributed by atoms with E-state index < -0.39 is 0 Å². The van der Waals surface area contributed by atoms with Crippen LogP contribution < -0.4 is 31.1 Å². The van der Waals surface area contributed by atoms with E-state index in [2.05, 4.69) is 216 Å². The van der Waals surface area contributed by atoms with Gasteiger partial charge in [0.05, 0.1) is 11.1 Å². The van der Waals surface area contributed by atoms with Crippen LogP contribution in [-0.4, -0.2) is 24.0 Å². The van der Waals surface area contributed by atoms with Gasteiger partial charge >= 0.3 is 0 Å². The van der Waals surface area contributed by atoms with E-state index in [0.717, 1.165) is 12.8 Å². The molecule has 0 aromatic heterocycles. The largest absolute Gasteiger partial charge is 0.335 e. The summed E-state index contributed by atoms with van der Waals surface area (Å²) in [6.07, 6.45) is 22.3. The third kappa shape index (κ3) is 5.83. The zero-order valence-electron chi connectivity index (χ0n) is 42.5. The van der Waals surface area contributed by atoms with Gasteiger partial charge in [0.25, 0.3) is 6.71 Å². The first-order valence-corrected chi connectivity index (χ1v) is 27.4. The maximum absolute atomic E-state index is 2.94. The minimum atomic E-state index is -0.100. The van der Waals surface area contributed by atoms with Crippen LogP contribution in [-0.2, 0) is 21.7 Å². The van der Waals surface area contributed by atoms with E-state index in [1.54, 1.807) is 5.56 Å². The zero-order chi connectivity index (χ0) is 47.5. The molecule has 5 atom stereocenters. The summed E-state index contributed by atoms with van der Waals surface area (Å²) in [5.74, 6) is 0. The van der Waals surface area contributed by atoms with Crippen LogP contribution >= 0.6 is 11.8 Å². The molecular formula is C64H68BN3S. The van der Waals surface area contributed by atoms with Crippen molar-refractivity contribution in [3.63, 3.8) is 0 Å². The smallest absolute Gasteiger partial charge is 0.252 e. The number of benzene rings is 6. The average Bonchev–Trinajstić information content (AvgIpc) is 3.70. The number of fused-ring (bicyclic) bond motifs is 10. The van der Waals surface area contributed by atoms with Crippen LogP contribution in [0.25, 0.3) is 11.1 Å². The Kier molecular flexibility index (Phi) is 9.37. The predicted molar refractivity (Wildman–Crippen MR) is 298 cm³/mol. The molecule has 6 aromatic carbocycles. The standard InChI is InChI=1S/C64H68BN3S/c1-59(2,3)44-26-28-53-49(37-44)61(5)31-16-18-33-63(61,7)67(53)47-38-55-57-56(39-47)68-58-50(62(6)32-17-19-34-64(62,68)8)40-48(69-9)41-52(58)65(57)51-27-25-43(42-21-12-10-13-22-42)35-54(51)66(55)46-24-20-23-45(36-46)60(4)29-14-11-15-30-60/h10-15,20-29,35-41H,16-19,30-34H2,1-9H3. The van der Waals surface area contributed by atoms with Crippen molar-refractivity contribution < 1.29 is 0 Å². The third-order valence-corrected chi connectivity index (χ3v) is 20.3. The van der Waals surface area contributed by atoms with Gasteiger partial charge in [0.1, 0.15) is 0 Å². The molecule has 3 nitrogen and oxygen atoms in total. The predicted octanol–water partition coefficient (Wildman–Crippen LogP) is 15.2. The summed E-state index contributed by atoms with van der Waals surface area (Å²) in [7, 11) is 0. The normalized spacial score (nSPS) is 28.0. The van der Waals surface area contributed by atoms with Crippen LogP contribution in [0.15, 0.2) is 144 Å². The summed E-state index contributed by atoms with van der Waals surface area (Å²) in [6, 6.07) is 46.3. The lowest BCUT2D eigenvalue weighted by Crippen LogP contribution is -2.64. The van der Waals surface area contributed by atoms with Crippen molar-refractivity contribution in [2.24, 2.45) is 0 Å². The second-order valence-electron chi connectivity index (χ2n) is 24.2. The molecule has 2 fully saturated rings. The highest BCUT2D eigenvalue weighted by molar-refractivity contribution is 7.98. The monoisotopic (exact) mass is 922 g/mol. The van der Waals surface area contributed by atoms with Gasteiger partial charge in [-0.1, -0.05) is 164 Å². The molecule has 0 bridgehead atoms. The molecule has 4 heterocycles. The van der Waals surface area contributed by atoms with E-state index in [1.165, 1.54) is 134 Å². The van der Waals surface area contributed by atoms with Gasteiger partial charge < -0.3 is 14.7 Å². The first-order chi connectivity index (χ1) is 33.1. The molecule has 0 saturated heterocycles. The van der Waals surface area contributed by atoms with E-state index in [9.17, 15) is 0 Å². The van der Waals surface area contributed by atoms with Gasteiger partial charge in [0.15, 0.2) is 0 Å². The molecule has 0 spiro atoms. The number of anilines is 7. The molecule has 4 aliphatic heterocycles. The fraction of sp³-hybridized carbons (Fsp3) is 0.375. The highest BCUT2D eigenvalue weighted by Crippen LogP contribution is 2.65. The fourth-order valence-electron chi connectivity index (χ4n) is 15.2. The van der Waals surface area contributed by atoms with Gasteiger partial charge in [-0.3, -0.25) is 0 Å². The molecular weight excluding hydrogens is 854 g/mol. The number of thioether (sulfide) groups is 1. The van der Waals surface area contributed by atoms with Crippen molar-refractivity contribution in [3.8, 4) is 11.1 Å². The first kappa shape index (κ1) is 43.6. The summed E-state index contributed by atoms with van der Waals surface area (Å²) in [5.41, 5.74) is 22.0. The van der Waals surface area contributed by atoms with Crippen molar-refractivity contribution >= 4 is 74.7 Å². The minimum Gasteiger partial charge on any atom is -0.335 e. The molecule has 6 aromatic rings. The van der Waals surface area contributed by atoms with E-state index in [1.807, 2.05) is 11.8 Å². The van der Waals surface area contributed by atoms with E-state index >= 15 is 0 Å². The van der Waals surface area contributed by atoms with Crippen LogP contribution in [0, 0.1) is 0 Å². The maximum atomic E-state index is 2.94. The number of hydrogen-bond acceptors (Lipinski definition) is 4. The topological polar surface area (TPSA) is 9.72 Å². The summed E-state index contributed by atoms with van der Waals surface area (Å²) in [5, 5.41) is 0. The zero-order valence-corrected chi connectivity index (χ0v) is 43.3. The van der Waals surface area contributed by atoms with Crippen molar-refractivity contribution in [2.45, 2.75) is 151 Å². The highest BCUT2D eigenvalue weighted by Gasteiger charge is 2.63. The Bertz CT molecular complexity index is 3200. The van der Waals surface area contributed by atoms with Crippen LogP contribution in [0.3, 0.4) is 0 Å². The Balaban J connectivity index is 1.15. The van der Waals surface area contributed by atoms with Crippen molar-refractivity contribution in [3.05, 3.63) is 162 Å². The molecule has 7 aliphatic rings. The Labute approximate surface area is 417 Å². The lowest BCUT2D eigenvalue weighted by molar-refractivity contribution is 0.194. The number of allylic oxidation sites excluding steroid dienone is 4. The molecule has 348 valence electrons. The number of hydrogen-bond donors (Lipinski definition) is 0. The van der Waals surface area contributed by atoms with E-state index in [-0.39, 0.29) is 39.5 Å². The third-order valence-electron chi connectivity index (χ3n) is 19.6. The van der Waals surface area contributed by atoms with Crippen LogP contribution in [0.1, 0.15) is 135 Å². The van der Waals surface area contributed by atoms with Gasteiger partial charge in [0, 0.05) is 61.0 Å². The lowest BCUT2D eigenvalue weighted by atomic mass is 9.33. The molecule has 3 aliphatic carbocycles. The molecule has 0 radical (unpaired) electrons. The molecule has 5 unspecified atom stereocenters. The van der Waals surface area contributed by atoms with Gasteiger partial charge in [-0.2, -0.15) is 0 Å². The van der Waals surface area contributed by atoms with Crippen LogP contribution in [0.2, 0.25) is 0 Å². The van der Waals surface area contributed by atoms with Gasteiger partial charge in [0.2, 0.25) is 0 Å². The molecule has 69 heavy (non-hydrogen) atoms. The Morgan fingerprint density at radius 1 is 0.565 bits per heavy atom. The summed E-state index contributed by atoms with van der Waals surface area (Å²) in [6.45, 7) is 20.1. The number of nitrogens with zero attached hydrogens (tertiary/aromatic N) is 3. The van der Waals surface area contributed by atoms with Gasteiger partial charge in [-0.05, 0) is 150 Å². The quantitative estimate of drug-likeness (QED) is 0.126. The Hall–Kier alpha value is -5.39. The second kappa shape index (κ2) is 14.8. The molecule has 5 heteroatoms. The first-order valence-electron chi connectivity index (χ1n) is 26.2. The molecule has 0 amide bonds. The fourth-order valence-corrected chi connectivity index (χ4v) is 15.7. The Morgan fingerprint density at radius 2 is 1.29 bits per heavy atom. The lowest BCUT2D eigenvalue weighted by Gasteiger charge is -2.53. The minimum absolute atomic E-state index is 0.00960. The van der Waals surface area contributed by atoms with E-state index in [4.69, 9.17) is 0 Å². The highest BCUT2D eigenvalue weighted by atomic mass is 32.2. The van der Waals surface area contributed by atoms with Crippen molar-refractivity contribution in [1.82, 2.24) is 0 Å². The molecule has 0 N–H and O–H groups in total. The van der Waals surface area contributed by atoms with Crippen LogP contribution in [0.5, 0.6) is 0 Å². The average molecular weight is 922 g/mol.